The Morgan fingerprint density at radius 2 is 2.50 bits per heavy atom. The molecule has 0 aromatic carbocycles. The van der Waals surface area contributed by atoms with Crippen molar-refractivity contribution >= 4 is 0 Å². The first kappa shape index (κ1) is 7.95. The lowest BCUT2D eigenvalue weighted by Gasteiger charge is -2.26. The highest BCUT2D eigenvalue weighted by atomic mass is 19.1. The molecular formula is C7H15FN2. The van der Waals surface area contributed by atoms with Gasteiger partial charge in [-0.15, -0.1) is 0 Å². The fourth-order valence-corrected chi connectivity index (χ4v) is 1.31. The maximum atomic E-state index is 12.9. The molecule has 2 N–H and O–H groups in total. The van der Waals surface area contributed by atoms with Crippen molar-refractivity contribution in [2.24, 2.45) is 0 Å². The summed E-state index contributed by atoms with van der Waals surface area (Å²) in [7, 11) is 0. The maximum absolute atomic E-state index is 12.9. The average molecular weight is 146 g/mol. The summed E-state index contributed by atoms with van der Waals surface area (Å²) in [6.45, 7) is 4.33. The van der Waals surface area contributed by atoms with Crippen molar-refractivity contribution in [1.82, 2.24) is 10.6 Å². The Balaban J connectivity index is 2.25. The molecule has 1 aliphatic heterocycles. The predicted molar refractivity (Wildman–Crippen MR) is 39.8 cm³/mol. The van der Waals surface area contributed by atoms with Crippen LogP contribution in [0.2, 0.25) is 0 Å². The third kappa shape index (κ3) is 1.92. The predicted octanol–water partition coefficient (Wildman–Crippen LogP) is 0.296. The van der Waals surface area contributed by atoms with Crippen LogP contribution in [0.5, 0.6) is 0 Å². The Hall–Kier alpha value is -0.150. The van der Waals surface area contributed by atoms with Gasteiger partial charge in [0.25, 0.3) is 0 Å². The minimum absolute atomic E-state index is 0.0891. The number of rotatable bonds is 2. The summed E-state index contributed by atoms with van der Waals surface area (Å²) in [6.07, 6.45) is 0.211. The summed E-state index contributed by atoms with van der Waals surface area (Å²) in [4.78, 5) is 0. The van der Waals surface area contributed by atoms with Gasteiger partial charge in [-0.25, -0.2) is 4.39 Å². The van der Waals surface area contributed by atoms with Crippen LogP contribution in [-0.4, -0.2) is 31.8 Å². The SMILES string of the molecule is CCN[C@@H]1CCNC[C@@H]1F. The van der Waals surface area contributed by atoms with E-state index < -0.39 is 6.17 Å². The van der Waals surface area contributed by atoms with Crippen LogP contribution in [-0.2, 0) is 0 Å². The van der Waals surface area contributed by atoms with Crippen LogP contribution in [0.15, 0.2) is 0 Å². The van der Waals surface area contributed by atoms with E-state index in [2.05, 4.69) is 10.6 Å². The molecule has 2 nitrogen and oxygen atoms in total. The van der Waals surface area contributed by atoms with Crippen molar-refractivity contribution in [3.8, 4) is 0 Å². The van der Waals surface area contributed by atoms with Gasteiger partial charge in [0.05, 0.1) is 0 Å². The lowest BCUT2D eigenvalue weighted by molar-refractivity contribution is 0.205. The Bertz CT molecular complexity index is 95.6. The van der Waals surface area contributed by atoms with Crippen LogP contribution in [0, 0.1) is 0 Å². The Labute approximate surface area is 61.2 Å². The van der Waals surface area contributed by atoms with Gasteiger partial charge in [-0.1, -0.05) is 6.92 Å². The van der Waals surface area contributed by atoms with Gasteiger partial charge in [-0.2, -0.15) is 0 Å². The van der Waals surface area contributed by atoms with Crippen LogP contribution in [0.1, 0.15) is 13.3 Å². The van der Waals surface area contributed by atoms with Crippen molar-refractivity contribution < 1.29 is 4.39 Å². The Morgan fingerprint density at radius 3 is 3.10 bits per heavy atom. The molecule has 0 radical (unpaired) electrons. The zero-order valence-corrected chi connectivity index (χ0v) is 6.36. The van der Waals surface area contributed by atoms with Crippen LogP contribution in [0.25, 0.3) is 0 Å². The topological polar surface area (TPSA) is 24.1 Å². The molecule has 10 heavy (non-hydrogen) atoms. The largest absolute Gasteiger partial charge is 0.314 e. The van der Waals surface area contributed by atoms with E-state index in [4.69, 9.17) is 0 Å². The number of hydrogen-bond donors (Lipinski definition) is 2. The van der Waals surface area contributed by atoms with Crippen LogP contribution >= 0.6 is 0 Å². The van der Waals surface area contributed by atoms with E-state index in [0.29, 0.717) is 6.54 Å². The molecule has 60 valence electrons. The molecule has 1 saturated heterocycles. The monoisotopic (exact) mass is 146 g/mol. The molecule has 0 saturated carbocycles. The van der Waals surface area contributed by atoms with E-state index in [9.17, 15) is 4.39 Å². The van der Waals surface area contributed by atoms with Gasteiger partial charge >= 0.3 is 0 Å². The summed E-state index contributed by atoms with van der Waals surface area (Å²) in [5.74, 6) is 0. The summed E-state index contributed by atoms with van der Waals surface area (Å²) in [5.41, 5.74) is 0. The first-order valence-electron chi connectivity index (χ1n) is 3.92. The molecule has 1 fully saturated rings. The minimum Gasteiger partial charge on any atom is -0.314 e. The number of piperidine rings is 1. The fourth-order valence-electron chi connectivity index (χ4n) is 1.31. The second kappa shape index (κ2) is 3.88. The van der Waals surface area contributed by atoms with Gasteiger partial charge in [0.1, 0.15) is 6.17 Å². The van der Waals surface area contributed by atoms with Gasteiger partial charge in [0.15, 0.2) is 0 Å². The lowest BCUT2D eigenvalue weighted by atomic mass is 10.1. The number of nitrogens with one attached hydrogen (secondary N) is 2. The van der Waals surface area contributed by atoms with Gasteiger partial charge in [0.2, 0.25) is 0 Å². The van der Waals surface area contributed by atoms with Crippen molar-refractivity contribution in [2.45, 2.75) is 25.6 Å². The zero-order valence-electron chi connectivity index (χ0n) is 6.36. The molecule has 0 aliphatic carbocycles. The van der Waals surface area contributed by atoms with Crippen molar-refractivity contribution in [1.29, 1.82) is 0 Å². The Morgan fingerprint density at radius 1 is 1.70 bits per heavy atom. The highest BCUT2D eigenvalue weighted by Crippen LogP contribution is 2.06. The quantitative estimate of drug-likeness (QED) is 0.585. The van der Waals surface area contributed by atoms with Crippen molar-refractivity contribution in [3.63, 3.8) is 0 Å². The van der Waals surface area contributed by atoms with E-state index in [-0.39, 0.29) is 6.04 Å². The van der Waals surface area contributed by atoms with Crippen LogP contribution in [0.3, 0.4) is 0 Å². The number of hydrogen-bond acceptors (Lipinski definition) is 2. The second-order valence-electron chi connectivity index (χ2n) is 2.67. The minimum atomic E-state index is -0.700. The summed E-state index contributed by atoms with van der Waals surface area (Å²) < 4.78 is 12.9. The third-order valence-electron chi connectivity index (χ3n) is 1.87. The van der Waals surface area contributed by atoms with Crippen LogP contribution in [0.4, 0.5) is 4.39 Å². The van der Waals surface area contributed by atoms with Crippen molar-refractivity contribution in [3.05, 3.63) is 0 Å². The average Bonchev–Trinajstić information content (AvgIpc) is 1.94. The van der Waals surface area contributed by atoms with Gasteiger partial charge < -0.3 is 10.6 Å². The Kier molecular flexibility index (Phi) is 3.09. The molecule has 0 spiro atoms. The number of halogens is 1. The molecule has 1 heterocycles. The molecule has 0 unspecified atom stereocenters. The molecule has 0 amide bonds. The summed E-state index contributed by atoms with van der Waals surface area (Å²) in [6, 6.07) is 0.0891. The fraction of sp³-hybridized carbons (Fsp3) is 1.00. The molecule has 3 heteroatoms. The van der Waals surface area contributed by atoms with Crippen LogP contribution < -0.4 is 10.6 Å². The smallest absolute Gasteiger partial charge is 0.128 e. The second-order valence-corrected chi connectivity index (χ2v) is 2.67. The van der Waals surface area contributed by atoms with Gasteiger partial charge in [-0.3, -0.25) is 0 Å². The molecule has 0 bridgehead atoms. The maximum Gasteiger partial charge on any atom is 0.128 e. The van der Waals surface area contributed by atoms with Gasteiger partial charge in [0, 0.05) is 12.6 Å². The van der Waals surface area contributed by atoms with E-state index in [1.54, 1.807) is 0 Å². The summed E-state index contributed by atoms with van der Waals surface area (Å²) >= 11 is 0. The normalized spacial score (nSPS) is 34.2. The highest BCUT2D eigenvalue weighted by Gasteiger charge is 2.22. The zero-order chi connectivity index (χ0) is 7.40. The lowest BCUT2D eigenvalue weighted by Crippen LogP contribution is -2.48. The molecular weight excluding hydrogens is 131 g/mol. The van der Waals surface area contributed by atoms with E-state index in [1.807, 2.05) is 6.92 Å². The molecule has 0 aromatic heterocycles. The molecule has 2 atom stereocenters. The summed E-state index contributed by atoms with van der Waals surface area (Å²) in [5, 5.41) is 6.13. The van der Waals surface area contributed by atoms with E-state index in [1.165, 1.54) is 0 Å². The third-order valence-corrected chi connectivity index (χ3v) is 1.87. The first-order chi connectivity index (χ1) is 4.84. The standard InChI is InChI=1S/C7H15FN2/c1-2-10-7-3-4-9-5-6(7)8/h6-7,9-10H,2-5H2,1H3/t6-,7+/m0/s1. The van der Waals surface area contributed by atoms with E-state index >= 15 is 0 Å². The van der Waals surface area contributed by atoms with E-state index in [0.717, 1.165) is 19.5 Å². The molecule has 0 aromatic rings. The number of alkyl halides is 1. The first-order valence-corrected chi connectivity index (χ1v) is 3.92. The highest BCUT2D eigenvalue weighted by molar-refractivity contribution is 4.82. The molecule has 1 rings (SSSR count). The molecule has 1 aliphatic rings. The van der Waals surface area contributed by atoms with Crippen molar-refractivity contribution in [2.75, 3.05) is 19.6 Å². The van der Waals surface area contributed by atoms with Gasteiger partial charge in [-0.05, 0) is 19.5 Å².